The van der Waals surface area contributed by atoms with Gasteiger partial charge < -0.3 is 23.1 Å². The molecule has 0 spiro atoms. The molecule has 0 saturated carbocycles. The second-order valence-electron chi connectivity index (χ2n) is 4.40. The van der Waals surface area contributed by atoms with Gasteiger partial charge in [-0.15, -0.1) is 0 Å². The molecule has 0 bridgehead atoms. The summed E-state index contributed by atoms with van der Waals surface area (Å²) < 4.78 is 22.9. The summed E-state index contributed by atoms with van der Waals surface area (Å²) in [7, 11) is -2.59. The largest absolute Gasteiger partial charge is 0.504 e. The average molecular weight is 314 g/mol. The Hall–Kier alpha value is -1.08. The molecule has 0 radical (unpaired) electrons. The van der Waals surface area contributed by atoms with Crippen LogP contribution in [-0.4, -0.2) is 40.3 Å². The molecule has 0 saturated heterocycles. The lowest BCUT2D eigenvalue weighted by molar-refractivity contribution is 0.0696. The van der Waals surface area contributed by atoms with Crippen molar-refractivity contribution in [3.05, 3.63) is 24.3 Å². The van der Waals surface area contributed by atoms with Gasteiger partial charge in [-0.3, -0.25) is 0 Å². The van der Waals surface area contributed by atoms with Crippen molar-refractivity contribution in [2.24, 2.45) is 0 Å². The van der Waals surface area contributed by atoms with E-state index in [0.29, 0.717) is 38.2 Å². The number of rotatable bonds is 11. The SMILES string of the molecule is CCO[Si](CCCOc1ccccc1O)(OCC)OCC. The van der Waals surface area contributed by atoms with Gasteiger partial charge in [0.2, 0.25) is 0 Å². The zero-order chi connectivity index (χ0) is 15.6. The van der Waals surface area contributed by atoms with Gasteiger partial charge in [0.15, 0.2) is 11.5 Å². The van der Waals surface area contributed by atoms with Gasteiger partial charge in [0, 0.05) is 25.9 Å². The van der Waals surface area contributed by atoms with E-state index in [9.17, 15) is 5.11 Å². The maximum absolute atomic E-state index is 9.63. The Kier molecular flexibility index (Phi) is 8.37. The number of para-hydroxylation sites is 2. The lowest BCUT2D eigenvalue weighted by atomic mass is 10.3. The molecule has 0 fully saturated rings. The summed E-state index contributed by atoms with van der Waals surface area (Å²) in [6.45, 7) is 8.04. The van der Waals surface area contributed by atoms with Crippen LogP contribution in [0.2, 0.25) is 6.04 Å². The Morgan fingerprint density at radius 2 is 1.52 bits per heavy atom. The van der Waals surface area contributed by atoms with Gasteiger partial charge in [0.25, 0.3) is 0 Å². The van der Waals surface area contributed by atoms with Gasteiger partial charge in [0.05, 0.1) is 6.61 Å². The summed E-state index contributed by atoms with van der Waals surface area (Å²) in [6.07, 6.45) is 0.751. The van der Waals surface area contributed by atoms with Crippen LogP contribution < -0.4 is 4.74 Å². The second-order valence-corrected chi connectivity index (χ2v) is 7.13. The van der Waals surface area contributed by atoms with E-state index in [4.69, 9.17) is 18.0 Å². The molecule has 21 heavy (non-hydrogen) atoms. The number of hydrogen-bond acceptors (Lipinski definition) is 5. The van der Waals surface area contributed by atoms with E-state index in [0.717, 1.165) is 6.42 Å². The number of ether oxygens (including phenoxy) is 1. The zero-order valence-corrected chi connectivity index (χ0v) is 14.1. The summed E-state index contributed by atoms with van der Waals surface area (Å²) >= 11 is 0. The normalized spacial score (nSPS) is 11.6. The number of aromatic hydroxyl groups is 1. The van der Waals surface area contributed by atoms with Crippen molar-refractivity contribution in [3.63, 3.8) is 0 Å². The van der Waals surface area contributed by atoms with Crippen LogP contribution in [0.3, 0.4) is 0 Å². The highest BCUT2D eigenvalue weighted by Gasteiger charge is 2.39. The van der Waals surface area contributed by atoms with E-state index < -0.39 is 8.80 Å². The molecule has 0 atom stereocenters. The fraction of sp³-hybridized carbons (Fsp3) is 0.600. The van der Waals surface area contributed by atoms with Crippen LogP contribution in [0.25, 0.3) is 0 Å². The van der Waals surface area contributed by atoms with Crippen LogP contribution in [0.4, 0.5) is 0 Å². The van der Waals surface area contributed by atoms with Crippen molar-refractivity contribution >= 4 is 8.80 Å². The van der Waals surface area contributed by atoms with E-state index in [1.54, 1.807) is 18.2 Å². The van der Waals surface area contributed by atoms with Crippen LogP contribution >= 0.6 is 0 Å². The molecule has 1 aromatic rings. The summed E-state index contributed by atoms with van der Waals surface area (Å²) in [5, 5.41) is 9.63. The van der Waals surface area contributed by atoms with Gasteiger partial charge in [0.1, 0.15) is 0 Å². The van der Waals surface area contributed by atoms with Crippen molar-refractivity contribution < 1.29 is 23.1 Å². The molecule has 6 heteroatoms. The summed E-state index contributed by atoms with van der Waals surface area (Å²) in [6, 6.07) is 7.65. The molecular formula is C15H26O5Si. The monoisotopic (exact) mass is 314 g/mol. The first kappa shape index (κ1) is 18.0. The molecule has 1 aromatic carbocycles. The third-order valence-corrected chi connectivity index (χ3v) is 5.99. The Morgan fingerprint density at radius 3 is 2.05 bits per heavy atom. The minimum Gasteiger partial charge on any atom is -0.504 e. The number of phenols is 1. The van der Waals surface area contributed by atoms with Crippen molar-refractivity contribution in [3.8, 4) is 11.5 Å². The maximum atomic E-state index is 9.63. The van der Waals surface area contributed by atoms with Crippen molar-refractivity contribution in [1.29, 1.82) is 0 Å². The second kappa shape index (κ2) is 9.78. The molecule has 0 amide bonds. The summed E-state index contributed by atoms with van der Waals surface area (Å²) in [5.74, 6) is 0.648. The number of hydrogen-bond donors (Lipinski definition) is 1. The quantitative estimate of drug-likeness (QED) is 0.502. The molecule has 5 nitrogen and oxygen atoms in total. The summed E-state index contributed by atoms with van der Waals surface area (Å²) in [4.78, 5) is 0. The van der Waals surface area contributed by atoms with Crippen LogP contribution in [0.15, 0.2) is 24.3 Å². The molecule has 0 unspecified atom stereocenters. The molecule has 0 heterocycles. The Labute approximate surface area is 128 Å². The number of phenolic OH excluding ortho intramolecular Hbond substituents is 1. The van der Waals surface area contributed by atoms with Crippen LogP contribution in [0.5, 0.6) is 11.5 Å². The smallest absolute Gasteiger partial charge is 0.501 e. The van der Waals surface area contributed by atoms with E-state index in [2.05, 4.69) is 0 Å². The number of benzene rings is 1. The first-order valence-electron chi connectivity index (χ1n) is 7.50. The molecule has 120 valence electrons. The molecule has 0 aromatic heterocycles. The lowest BCUT2D eigenvalue weighted by Crippen LogP contribution is -2.46. The van der Waals surface area contributed by atoms with Crippen molar-refractivity contribution in [2.75, 3.05) is 26.4 Å². The Morgan fingerprint density at radius 1 is 0.952 bits per heavy atom. The standard InChI is InChI=1S/C15H26O5Si/c1-4-18-21(19-5-2,20-6-3)13-9-12-17-15-11-8-7-10-14(15)16/h7-8,10-11,16H,4-6,9,12-13H2,1-3H3. The molecule has 0 aliphatic carbocycles. The lowest BCUT2D eigenvalue weighted by Gasteiger charge is -2.28. The van der Waals surface area contributed by atoms with Gasteiger partial charge >= 0.3 is 8.80 Å². The van der Waals surface area contributed by atoms with Crippen LogP contribution in [0.1, 0.15) is 27.2 Å². The zero-order valence-electron chi connectivity index (χ0n) is 13.1. The predicted octanol–water partition coefficient (Wildman–Crippen LogP) is 3.21. The first-order valence-corrected chi connectivity index (χ1v) is 9.43. The topological polar surface area (TPSA) is 57.2 Å². The maximum Gasteiger partial charge on any atom is 0.501 e. The van der Waals surface area contributed by atoms with Gasteiger partial charge in [-0.05, 0) is 39.3 Å². The van der Waals surface area contributed by atoms with E-state index in [1.165, 1.54) is 0 Å². The van der Waals surface area contributed by atoms with E-state index >= 15 is 0 Å². The molecule has 0 aliphatic heterocycles. The highest BCUT2D eigenvalue weighted by atomic mass is 28.4. The fourth-order valence-corrected chi connectivity index (χ4v) is 4.63. The highest BCUT2D eigenvalue weighted by Crippen LogP contribution is 2.25. The third kappa shape index (κ3) is 6.05. The predicted molar refractivity (Wildman–Crippen MR) is 83.7 cm³/mol. The van der Waals surface area contributed by atoms with E-state index in [1.807, 2.05) is 26.8 Å². The Balaban J connectivity index is 2.47. The third-order valence-electron chi connectivity index (χ3n) is 2.84. The van der Waals surface area contributed by atoms with Gasteiger partial charge in [-0.2, -0.15) is 0 Å². The van der Waals surface area contributed by atoms with Gasteiger partial charge in [-0.1, -0.05) is 12.1 Å². The van der Waals surface area contributed by atoms with Crippen molar-refractivity contribution in [1.82, 2.24) is 0 Å². The Bertz CT molecular complexity index is 382. The van der Waals surface area contributed by atoms with Crippen LogP contribution in [0, 0.1) is 0 Å². The summed E-state index contributed by atoms with van der Waals surface area (Å²) in [5.41, 5.74) is 0. The molecule has 1 rings (SSSR count). The van der Waals surface area contributed by atoms with E-state index in [-0.39, 0.29) is 5.75 Å². The van der Waals surface area contributed by atoms with Gasteiger partial charge in [-0.25, -0.2) is 0 Å². The molecular weight excluding hydrogens is 288 g/mol. The molecule has 0 aliphatic rings. The first-order chi connectivity index (χ1) is 10.2. The average Bonchev–Trinajstić information content (AvgIpc) is 2.46. The van der Waals surface area contributed by atoms with Crippen molar-refractivity contribution in [2.45, 2.75) is 33.2 Å². The minimum atomic E-state index is -2.59. The highest BCUT2D eigenvalue weighted by molar-refractivity contribution is 6.60. The van der Waals surface area contributed by atoms with Crippen LogP contribution in [-0.2, 0) is 13.3 Å². The fourth-order valence-electron chi connectivity index (χ4n) is 2.05. The minimum absolute atomic E-state index is 0.153. The molecule has 1 N–H and O–H groups in total.